The number of hydrogen-bond acceptors (Lipinski definition) is 9. The molecule has 0 bridgehead atoms. The van der Waals surface area contributed by atoms with Gasteiger partial charge in [-0.1, -0.05) is 6.07 Å². The van der Waals surface area contributed by atoms with Gasteiger partial charge in [0, 0.05) is 36.8 Å². The monoisotopic (exact) mass is 440 g/mol. The largest absolute Gasteiger partial charge is 0.490 e. The smallest absolute Gasteiger partial charge is 0.294 e. The first kappa shape index (κ1) is 23.4. The standard InChI is InChI=1S/C18H24N4O7S/c23-13(10-19-6-7-20-18(25)12-30-9-8-29-22(26)27)11-28-16-3-1-2-15-14(16)4-5-17(24)21-15/h1-5,13,19,23H,6-12H2,(H,20,25)(H,21,24). The van der Waals surface area contributed by atoms with Crippen LogP contribution in [-0.4, -0.2) is 71.5 Å². The first-order chi connectivity index (χ1) is 14.5. The molecule has 0 radical (unpaired) electrons. The Bertz CT molecular complexity index is 892. The molecule has 0 saturated heterocycles. The number of aromatic amines is 1. The highest BCUT2D eigenvalue weighted by Crippen LogP contribution is 2.22. The topological polar surface area (TPSA) is 156 Å². The molecule has 11 nitrogen and oxygen atoms in total. The number of carbonyl (C=O) groups excluding carboxylic acids is 1. The molecule has 0 spiro atoms. The lowest BCUT2D eigenvalue weighted by Gasteiger charge is -2.14. The molecule has 0 aliphatic heterocycles. The molecular formula is C18H24N4O7S. The van der Waals surface area contributed by atoms with Crippen molar-refractivity contribution in [3.05, 3.63) is 50.8 Å². The van der Waals surface area contributed by atoms with E-state index in [0.29, 0.717) is 30.1 Å². The minimum Gasteiger partial charge on any atom is -0.490 e. The maximum Gasteiger partial charge on any atom is 0.294 e. The molecule has 0 saturated carbocycles. The van der Waals surface area contributed by atoms with Crippen LogP contribution in [0.15, 0.2) is 35.1 Å². The van der Waals surface area contributed by atoms with Crippen LogP contribution < -0.4 is 20.9 Å². The summed E-state index contributed by atoms with van der Waals surface area (Å²) >= 11 is 1.24. The number of thioether (sulfide) groups is 1. The van der Waals surface area contributed by atoms with Gasteiger partial charge >= 0.3 is 0 Å². The van der Waals surface area contributed by atoms with Gasteiger partial charge in [-0.15, -0.1) is 10.1 Å². The summed E-state index contributed by atoms with van der Waals surface area (Å²) in [5, 5.41) is 25.6. The fourth-order valence-electron chi connectivity index (χ4n) is 2.47. The molecule has 4 N–H and O–H groups in total. The summed E-state index contributed by atoms with van der Waals surface area (Å²) in [6.07, 6.45) is -0.754. The average molecular weight is 440 g/mol. The maximum atomic E-state index is 11.6. The second-order valence-corrected chi connectivity index (χ2v) is 7.27. The number of nitrogens with one attached hydrogen (secondary N) is 3. The van der Waals surface area contributed by atoms with Crippen LogP contribution in [-0.2, 0) is 9.63 Å². The van der Waals surface area contributed by atoms with Gasteiger partial charge in [-0.2, -0.15) is 11.8 Å². The van der Waals surface area contributed by atoms with Crippen LogP contribution >= 0.6 is 11.8 Å². The van der Waals surface area contributed by atoms with E-state index in [1.165, 1.54) is 17.8 Å². The van der Waals surface area contributed by atoms with Crippen molar-refractivity contribution >= 4 is 28.6 Å². The normalized spacial score (nSPS) is 11.8. The van der Waals surface area contributed by atoms with Crippen LogP contribution in [0.5, 0.6) is 5.75 Å². The van der Waals surface area contributed by atoms with Crippen molar-refractivity contribution in [2.24, 2.45) is 0 Å². The van der Waals surface area contributed by atoms with Gasteiger partial charge in [0.25, 0.3) is 5.09 Å². The molecule has 2 aromatic rings. The molecule has 0 aliphatic rings. The number of carbonyl (C=O) groups is 1. The van der Waals surface area contributed by atoms with Crippen molar-refractivity contribution in [3.8, 4) is 5.75 Å². The second kappa shape index (κ2) is 12.7. The van der Waals surface area contributed by atoms with Crippen LogP contribution in [0.4, 0.5) is 0 Å². The van der Waals surface area contributed by atoms with Gasteiger partial charge < -0.3 is 30.3 Å². The number of aliphatic hydroxyl groups excluding tert-OH is 1. The number of fused-ring (bicyclic) bond motifs is 1. The van der Waals surface area contributed by atoms with Gasteiger partial charge in [-0.05, 0) is 18.2 Å². The van der Waals surface area contributed by atoms with Crippen molar-refractivity contribution in [1.29, 1.82) is 0 Å². The lowest BCUT2D eigenvalue weighted by atomic mass is 10.2. The number of hydrogen-bond donors (Lipinski definition) is 4. The van der Waals surface area contributed by atoms with E-state index in [-0.39, 0.29) is 37.0 Å². The maximum absolute atomic E-state index is 11.6. The SMILES string of the molecule is O=C(CSCCO[N+](=O)[O-])NCCNCC(O)COc1cccc2[nH]c(=O)ccc12. The fourth-order valence-corrected chi connectivity index (χ4v) is 3.10. The first-order valence-electron chi connectivity index (χ1n) is 9.21. The Morgan fingerprint density at radius 1 is 1.30 bits per heavy atom. The van der Waals surface area contributed by atoms with Crippen LogP contribution in [0.3, 0.4) is 0 Å². The first-order valence-corrected chi connectivity index (χ1v) is 10.4. The molecule has 1 heterocycles. The van der Waals surface area contributed by atoms with Crippen LogP contribution in [0.1, 0.15) is 0 Å². The summed E-state index contributed by atoms with van der Waals surface area (Å²) in [7, 11) is 0. The van der Waals surface area contributed by atoms with Crippen molar-refractivity contribution in [2.45, 2.75) is 6.10 Å². The molecule has 2 rings (SSSR count). The molecule has 164 valence electrons. The van der Waals surface area contributed by atoms with Crippen LogP contribution in [0.25, 0.3) is 10.9 Å². The molecule has 1 aromatic heterocycles. The Labute approximate surface area is 176 Å². The summed E-state index contributed by atoms with van der Waals surface area (Å²) in [5.74, 6) is 0.927. The van der Waals surface area contributed by atoms with Gasteiger partial charge in [0.05, 0.1) is 11.3 Å². The van der Waals surface area contributed by atoms with Gasteiger partial charge in [-0.3, -0.25) is 9.59 Å². The van der Waals surface area contributed by atoms with E-state index in [2.05, 4.69) is 20.5 Å². The van der Waals surface area contributed by atoms with E-state index in [0.717, 1.165) is 5.39 Å². The van der Waals surface area contributed by atoms with E-state index >= 15 is 0 Å². The van der Waals surface area contributed by atoms with E-state index in [9.17, 15) is 24.8 Å². The van der Waals surface area contributed by atoms with Gasteiger partial charge in [0.2, 0.25) is 11.5 Å². The minimum absolute atomic E-state index is 0.0524. The Kier molecular flexibility index (Phi) is 9.91. The third kappa shape index (κ3) is 8.68. The summed E-state index contributed by atoms with van der Waals surface area (Å²) in [5.41, 5.74) is 0.463. The van der Waals surface area contributed by atoms with Crippen LogP contribution in [0.2, 0.25) is 0 Å². The molecule has 1 atom stereocenters. The lowest BCUT2D eigenvalue weighted by molar-refractivity contribution is -0.756. The molecule has 0 fully saturated rings. The van der Waals surface area contributed by atoms with E-state index < -0.39 is 11.2 Å². The highest BCUT2D eigenvalue weighted by atomic mass is 32.2. The zero-order valence-electron chi connectivity index (χ0n) is 16.2. The Hall–Kier alpha value is -2.83. The van der Waals surface area contributed by atoms with Crippen molar-refractivity contribution in [1.82, 2.24) is 15.6 Å². The van der Waals surface area contributed by atoms with E-state index in [1.807, 2.05) is 0 Å². The number of nitrogens with zero attached hydrogens (tertiary/aromatic N) is 1. The Morgan fingerprint density at radius 3 is 2.93 bits per heavy atom. The molecule has 12 heteroatoms. The van der Waals surface area contributed by atoms with Crippen molar-refractivity contribution in [2.75, 3.05) is 44.4 Å². The van der Waals surface area contributed by atoms with Gasteiger partial charge in [-0.25, -0.2) is 0 Å². The number of amides is 1. The summed E-state index contributed by atoms with van der Waals surface area (Å²) in [4.78, 5) is 39.8. The summed E-state index contributed by atoms with van der Waals surface area (Å²) in [6, 6.07) is 8.38. The molecular weight excluding hydrogens is 416 g/mol. The predicted molar refractivity (Wildman–Crippen MR) is 112 cm³/mol. The zero-order valence-corrected chi connectivity index (χ0v) is 17.0. The number of H-pyrrole nitrogens is 1. The van der Waals surface area contributed by atoms with E-state index in [4.69, 9.17) is 4.74 Å². The summed E-state index contributed by atoms with van der Waals surface area (Å²) in [6.45, 7) is 1.15. The quantitative estimate of drug-likeness (QED) is 0.179. The van der Waals surface area contributed by atoms with Crippen LogP contribution in [0, 0.1) is 10.1 Å². The number of rotatable bonds is 14. The summed E-state index contributed by atoms with van der Waals surface area (Å²) < 4.78 is 5.66. The van der Waals surface area contributed by atoms with E-state index in [1.54, 1.807) is 24.3 Å². The number of aliphatic hydroxyl groups is 1. The fraction of sp³-hybridized carbons (Fsp3) is 0.444. The third-order valence-electron chi connectivity index (χ3n) is 3.82. The number of aromatic nitrogens is 1. The third-order valence-corrected chi connectivity index (χ3v) is 4.74. The Morgan fingerprint density at radius 2 is 2.13 bits per heavy atom. The molecule has 1 amide bonds. The Balaban J connectivity index is 1.56. The zero-order chi connectivity index (χ0) is 21.8. The molecule has 1 unspecified atom stereocenters. The van der Waals surface area contributed by atoms with Crippen molar-refractivity contribution in [3.63, 3.8) is 0 Å². The number of benzene rings is 1. The number of ether oxygens (including phenoxy) is 1. The molecule has 30 heavy (non-hydrogen) atoms. The van der Waals surface area contributed by atoms with Crippen molar-refractivity contribution < 1.29 is 24.6 Å². The van der Waals surface area contributed by atoms with Gasteiger partial charge in [0.1, 0.15) is 25.1 Å². The minimum atomic E-state index is -0.865. The predicted octanol–water partition coefficient (Wildman–Crippen LogP) is -0.0849. The number of pyridine rings is 1. The van der Waals surface area contributed by atoms with Gasteiger partial charge in [0.15, 0.2) is 0 Å². The second-order valence-electron chi connectivity index (χ2n) is 6.17. The lowest BCUT2D eigenvalue weighted by Crippen LogP contribution is -2.37. The average Bonchev–Trinajstić information content (AvgIpc) is 2.71. The molecule has 0 aliphatic carbocycles. The molecule has 1 aromatic carbocycles. The highest BCUT2D eigenvalue weighted by Gasteiger charge is 2.08. The highest BCUT2D eigenvalue weighted by molar-refractivity contribution is 7.99.